The van der Waals surface area contributed by atoms with Crippen LogP contribution < -0.4 is 11.4 Å². The largest absolute Gasteiger partial charge is 0.481 e. The molecule has 8 atom stereocenters. The van der Waals surface area contributed by atoms with E-state index in [0.717, 1.165) is 75.0 Å². The number of hydrogen-bond donors (Lipinski definition) is 6. The molecule has 1 saturated heterocycles. The van der Waals surface area contributed by atoms with Gasteiger partial charge < -0.3 is 45.1 Å². The number of hydrogen-bond acceptors (Lipinski definition) is 16. The SMILES string of the molecule is CC/C=C\C(O)C/C=C/C=C\C/C=C\C/C=C\CCCC(=O)O[C@H](COC(=O)CCCCCCCCC/C=C\CCCCCCCC)COP(=O)(O)OP(=O)(O)OC[C@H]1O[C@@H](n2ccc(N)nc2=O)[C@H](O)[C@@H]1O. The molecule has 0 radical (unpaired) electrons. The van der Waals surface area contributed by atoms with Crippen molar-refractivity contribution < 1.29 is 71.4 Å². The summed E-state index contributed by atoms with van der Waals surface area (Å²) < 4.78 is 56.7. The first kappa shape index (κ1) is 65.3. The number of aliphatic hydroxyl groups excluding tert-OH is 3. The summed E-state index contributed by atoms with van der Waals surface area (Å²) in [6, 6.07) is 1.24. The van der Waals surface area contributed by atoms with E-state index in [4.69, 9.17) is 29.0 Å². The van der Waals surface area contributed by atoms with Crippen LogP contribution in [0.3, 0.4) is 0 Å². The quantitative estimate of drug-likeness (QED) is 0.0117. The van der Waals surface area contributed by atoms with Crippen LogP contribution in [0.1, 0.15) is 168 Å². The maximum Gasteiger partial charge on any atom is 0.481 e. The lowest BCUT2D eigenvalue weighted by molar-refractivity contribution is -0.161. The van der Waals surface area contributed by atoms with Crippen molar-refractivity contribution in [2.45, 2.75) is 198 Å². The number of unbranched alkanes of at least 4 members (excludes halogenated alkanes) is 14. The third-order valence-corrected chi connectivity index (χ3v) is 14.0. The summed E-state index contributed by atoms with van der Waals surface area (Å²) >= 11 is 0. The van der Waals surface area contributed by atoms with Crippen LogP contribution in [0.2, 0.25) is 0 Å². The van der Waals surface area contributed by atoms with Gasteiger partial charge in [-0.3, -0.25) is 23.2 Å². The van der Waals surface area contributed by atoms with E-state index in [1.807, 2.05) is 61.6 Å². The van der Waals surface area contributed by atoms with E-state index in [2.05, 4.69) is 28.4 Å². The Hall–Kier alpha value is -3.84. The summed E-state index contributed by atoms with van der Waals surface area (Å²) in [7, 11) is -10.9. The predicted molar refractivity (Wildman–Crippen MR) is 281 cm³/mol. The van der Waals surface area contributed by atoms with Crippen LogP contribution in [-0.2, 0) is 46.3 Å². The van der Waals surface area contributed by atoms with Crippen LogP contribution in [0.4, 0.5) is 5.82 Å². The molecular weight excluding hydrogens is 985 g/mol. The Morgan fingerprint density at radius 3 is 1.99 bits per heavy atom. The van der Waals surface area contributed by atoms with Crippen LogP contribution in [0.15, 0.2) is 90.0 Å². The van der Waals surface area contributed by atoms with Crippen molar-refractivity contribution in [3.63, 3.8) is 0 Å². The number of phosphoric ester groups is 2. The van der Waals surface area contributed by atoms with Gasteiger partial charge in [0.25, 0.3) is 0 Å². The number of aromatic nitrogens is 2. The summed E-state index contributed by atoms with van der Waals surface area (Å²) in [5.41, 5.74) is 4.58. The monoisotopic (exact) mass is 1070 g/mol. The predicted octanol–water partition coefficient (Wildman–Crippen LogP) is 9.86. The summed E-state index contributed by atoms with van der Waals surface area (Å²) in [6.07, 6.45) is 37.5. The van der Waals surface area contributed by atoms with Gasteiger partial charge in [-0.25, -0.2) is 13.9 Å². The highest BCUT2D eigenvalue weighted by Gasteiger charge is 2.46. The third kappa shape index (κ3) is 32.3. The lowest BCUT2D eigenvalue weighted by Gasteiger charge is -2.21. The zero-order valence-electron chi connectivity index (χ0n) is 43.0. The van der Waals surface area contributed by atoms with Crippen molar-refractivity contribution in [3.8, 4) is 0 Å². The molecule has 0 saturated carbocycles. The average molecular weight is 1070 g/mol. The summed E-state index contributed by atoms with van der Waals surface area (Å²) in [6.45, 7) is 1.85. The van der Waals surface area contributed by atoms with Crippen LogP contribution in [0.25, 0.3) is 0 Å². The first-order valence-electron chi connectivity index (χ1n) is 26.1. The van der Waals surface area contributed by atoms with Crippen LogP contribution in [0.5, 0.6) is 0 Å². The number of rotatable bonds is 42. The Kier molecular flexibility index (Phi) is 35.4. The molecule has 1 aliphatic heterocycles. The minimum Gasteiger partial charge on any atom is -0.462 e. The van der Waals surface area contributed by atoms with Gasteiger partial charge in [-0.2, -0.15) is 9.29 Å². The molecule has 414 valence electrons. The van der Waals surface area contributed by atoms with Gasteiger partial charge in [0.05, 0.1) is 19.3 Å². The fraction of sp³-hybridized carbons (Fsp3) is 0.654. The highest BCUT2D eigenvalue weighted by molar-refractivity contribution is 7.61. The molecule has 7 N–H and O–H groups in total. The molecule has 2 heterocycles. The van der Waals surface area contributed by atoms with E-state index in [-0.39, 0.29) is 18.7 Å². The second-order valence-electron chi connectivity index (χ2n) is 17.8. The molecule has 2 rings (SSSR count). The molecule has 1 aromatic rings. The zero-order valence-corrected chi connectivity index (χ0v) is 44.8. The molecule has 1 aromatic heterocycles. The standard InChI is InChI=1S/C52H85N3O16P2/c1-3-5-7-8-9-10-11-12-13-14-15-16-20-23-26-29-32-36-47(57)66-40-44(69-48(58)37-33-30-27-24-21-18-17-19-22-25-28-31-35-43(56)34-6-4-2)41-67-72(62,63)71-73(64,65)68-42-45-49(59)50(60)51(70-45)55-39-38-46(53)54-52(55)61/h6,12-13,17-18,22,24-25,27-28,31,34,38-39,43-45,49-51,56,59-60H,3-5,7-11,14-16,19-21,23,26,29-30,32-33,35-37,40-42H2,1-2H3,(H,62,63)(H,64,65)(H2,53,54,61)/b13-12-,18-17-,25-22-,27-24-,31-28+,34-6-/t43?,44-,45-,49-,50-,51-/m1/s1. The van der Waals surface area contributed by atoms with Gasteiger partial charge in [0.15, 0.2) is 12.3 Å². The number of nitrogens with zero attached hydrogens (tertiary/aromatic N) is 2. The number of nitrogen functional groups attached to an aromatic ring is 1. The number of aliphatic hydroxyl groups is 3. The molecule has 0 bridgehead atoms. The van der Waals surface area contributed by atoms with Crippen LogP contribution in [-0.4, -0.2) is 96.9 Å². The number of carbonyl (C=O) groups is 2. The third-order valence-electron chi connectivity index (χ3n) is 11.3. The van der Waals surface area contributed by atoms with Crippen molar-refractivity contribution in [2.75, 3.05) is 25.6 Å². The molecule has 1 fully saturated rings. The molecule has 0 aromatic carbocycles. The van der Waals surface area contributed by atoms with Crippen molar-refractivity contribution in [1.29, 1.82) is 0 Å². The Morgan fingerprint density at radius 1 is 0.740 bits per heavy atom. The Balaban J connectivity index is 1.83. The van der Waals surface area contributed by atoms with Crippen LogP contribution in [0, 0.1) is 0 Å². The van der Waals surface area contributed by atoms with Gasteiger partial charge in [-0.05, 0) is 76.7 Å². The Morgan fingerprint density at radius 2 is 1.32 bits per heavy atom. The molecule has 0 amide bonds. The van der Waals surface area contributed by atoms with E-state index in [0.29, 0.717) is 32.1 Å². The number of carbonyl (C=O) groups excluding carboxylic acids is 2. The molecule has 0 spiro atoms. The molecule has 73 heavy (non-hydrogen) atoms. The minimum atomic E-state index is -5.45. The van der Waals surface area contributed by atoms with Crippen LogP contribution >= 0.6 is 15.6 Å². The molecule has 0 aliphatic carbocycles. The molecule has 3 unspecified atom stereocenters. The fourth-order valence-electron chi connectivity index (χ4n) is 7.30. The highest BCUT2D eigenvalue weighted by atomic mass is 31.3. The van der Waals surface area contributed by atoms with E-state index < -0.39 is 89.8 Å². The molecule has 1 aliphatic rings. The van der Waals surface area contributed by atoms with Crippen molar-refractivity contribution in [1.82, 2.24) is 9.55 Å². The molecular formula is C52H85N3O16P2. The van der Waals surface area contributed by atoms with Gasteiger partial charge in [0.2, 0.25) is 0 Å². The number of anilines is 1. The normalized spacial score (nSPS) is 20.0. The maximum atomic E-state index is 12.9. The van der Waals surface area contributed by atoms with E-state index >= 15 is 0 Å². The topological polar surface area (TPSA) is 286 Å². The average Bonchev–Trinajstić information content (AvgIpc) is 3.62. The summed E-state index contributed by atoms with van der Waals surface area (Å²) in [4.78, 5) is 61.9. The number of phosphoric acid groups is 2. The van der Waals surface area contributed by atoms with Crippen molar-refractivity contribution in [2.24, 2.45) is 0 Å². The van der Waals surface area contributed by atoms with Gasteiger partial charge in [-0.1, -0.05) is 151 Å². The molecule has 19 nitrogen and oxygen atoms in total. The zero-order chi connectivity index (χ0) is 53.6. The highest BCUT2D eigenvalue weighted by Crippen LogP contribution is 2.60. The minimum absolute atomic E-state index is 0.0497. The Labute approximate surface area is 432 Å². The second kappa shape index (κ2) is 39.6. The van der Waals surface area contributed by atoms with Gasteiger partial charge in [0, 0.05) is 19.0 Å². The van der Waals surface area contributed by atoms with Gasteiger partial charge >= 0.3 is 33.3 Å². The van der Waals surface area contributed by atoms with E-state index in [1.165, 1.54) is 44.6 Å². The first-order chi connectivity index (χ1) is 35.1. The number of allylic oxidation sites excluding steroid dienone is 10. The van der Waals surface area contributed by atoms with E-state index in [9.17, 15) is 48.6 Å². The summed E-state index contributed by atoms with van der Waals surface area (Å²) in [5.74, 6) is -1.40. The Bertz CT molecular complexity index is 2020. The van der Waals surface area contributed by atoms with Gasteiger partial charge in [0.1, 0.15) is 30.7 Å². The number of ether oxygens (including phenoxy) is 3. The van der Waals surface area contributed by atoms with Crippen molar-refractivity contribution >= 4 is 33.4 Å². The first-order valence-corrected chi connectivity index (χ1v) is 29.0. The van der Waals surface area contributed by atoms with Gasteiger partial charge in [-0.15, -0.1) is 0 Å². The fourth-order valence-corrected chi connectivity index (χ4v) is 9.41. The second-order valence-corrected chi connectivity index (χ2v) is 20.9. The lowest BCUT2D eigenvalue weighted by atomic mass is 10.1. The van der Waals surface area contributed by atoms with Crippen molar-refractivity contribution in [3.05, 3.63) is 95.7 Å². The number of nitrogens with two attached hydrogens (primary N) is 1. The number of esters is 2. The maximum absolute atomic E-state index is 12.9. The molecule has 21 heteroatoms. The smallest absolute Gasteiger partial charge is 0.462 e. The summed E-state index contributed by atoms with van der Waals surface area (Å²) in [5, 5.41) is 30.7. The van der Waals surface area contributed by atoms with E-state index in [1.54, 1.807) is 6.08 Å². The lowest BCUT2D eigenvalue weighted by Crippen LogP contribution is -2.36.